The predicted octanol–water partition coefficient (Wildman–Crippen LogP) is 10.1. The van der Waals surface area contributed by atoms with Crippen LogP contribution in [0.4, 0.5) is 0 Å². The molecule has 4 heterocycles. The van der Waals surface area contributed by atoms with Crippen molar-refractivity contribution in [3.8, 4) is 33.9 Å². The van der Waals surface area contributed by atoms with Gasteiger partial charge in [-0.2, -0.15) is 0 Å². The van der Waals surface area contributed by atoms with Crippen molar-refractivity contribution in [3.63, 3.8) is 0 Å². The lowest BCUT2D eigenvalue weighted by molar-refractivity contribution is 0.255. The quantitative estimate of drug-likeness (QED) is 0.205. The molecule has 2 aliphatic carbocycles. The lowest BCUT2D eigenvalue weighted by Crippen LogP contribution is -2.42. The topological polar surface area (TPSA) is 47.9 Å². The molecule has 3 aliphatic rings. The van der Waals surface area contributed by atoms with Crippen LogP contribution >= 0.6 is 0 Å². The smallest absolute Gasteiger partial charge is 0.153 e. The minimum absolute atomic E-state index is 0.0911. The molecule has 0 radical (unpaired) electrons. The van der Waals surface area contributed by atoms with Crippen LogP contribution in [0, 0.1) is 11.3 Å². The van der Waals surface area contributed by atoms with Crippen LogP contribution in [0.15, 0.2) is 146 Å². The molecule has 0 N–H and O–H groups in total. The van der Waals surface area contributed by atoms with Crippen molar-refractivity contribution >= 4 is 21.9 Å². The Balaban J connectivity index is 1.32. The summed E-state index contributed by atoms with van der Waals surface area (Å²) >= 11 is 0. The number of benzene rings is 3. The molecule has 220 valence electrons. The van der Waals surface area contributed by atoms with Crippen molar-refractivity contribution in [1.29, 1.82) is 0 Å². The van der Waals surface area contributed by atoms with Crippen LogP contribution in [0.1, 0.15) is 30.7 Å². The highest BCUT2D eigenvalue weighted by molar-refractivity contribution is 6.07. The Morgan fingerprint density at radius 1 is 0.652 bits per heavy atom. The average Bonchev–Trinajstić information content (AvgIpc) is 3.22. The Kier molecular flexibility index (Phi) is 5.79. The number of hydrogen-bond donors (Lipinski definition) is 0. The summed E-state index contributed by atoms with van der Waals surface area (Å²) in [6.07, 6.45) is 16.6. The third kappa shape index (κ3) is 3.64. The first-order chi connectivity index (χ1) is 22.6. The highest BCUT2D eigenvalue weighted by atomic mass is 16.5. The van der Waals surface area contributed by atoms with Crippen molar-refractivity contribution in [2.24, 2.45) is 11.3 Å². The Labute approximate surface area is 268 Å². The second-order valence-corrected chi connectivity index (χ2v) is 12.7. The summed E-state index contributed by atoms with van der Waals surface area (Å²) in [6.45, 7) is 4.72. The van der Waals surface area contributed by atoms with Crippen molar-refractivity contribution in [3.05, 3.63) is 163 Å². The van der Waals surface area contributed by atoms with E-state index in [9.17, 15) is 0 Å². The molecule has 1 aliphatic heterocycles. The van der Waals surface area contributed by atoms with E-state index in [-0.39, 0.29) is 11.3 Å². The Bertz CT molecular complexity index is 2270. The fourth-order valence-corrected chi connectivity index (χ4v) is 8.14. The normalized spacial score (nSPS) is 22.4. The summed E-state index contributed by atoms with van der Waals surface area (Å²) in [7, 11) is 0. The summed E-state index contributed by atoms with van der Waals surface area (Å²) in [6, 6.07) is 34.2. The van der Waals surface area contributed by atoms with Crippen molar-refractivity contribution in [2.45, 2.75) is 19.3 Å². The van der Waals surface area contributed by atoms with E-state index in [4.69, 9.17) is 14.7 Å². The van der Waals surface area contributed by atoms with Gasteiger partial charge in [0.2, 0.25) is 0 Å². The molecule has 3 aromatic carbocycles. The van der Waals surface area contributed by atoms with Gasteiger partial charge in [0.15, 0.2) is 11.5 Å². The number of fused-ring (bicyclic) bond motifs is 7. The number of allylic oxidation sites excluding steroid dienone is 6. The summed E-state index contributed by atoms with van der Waals surface area (Å²) in [5.74, 6) is 1.57. The SMILES string of the molecule is CC1(c2ccccn2)C2=C(c3cc(-c4ccc(-c5ccccc5)c5ccccc45)ncc3Oc3cnccc32)C2C=CC=CC21C. The molecule has 3 aromatic heterocycles. The zero-order valence-electron chi connectivity index (χ0n) is 25.7. The molecule has 3 unspecified atom stereocenters. The maximum atomic E-state index is 6.71. The van der Waals surface area contributed by atoms with E-state index in [1.165, 1.54) is 33.0 Å². The summed E-state index contributed by atoms with van der Waals surface area (Å²) in [4.78, 5) is 14.5. The fraction of sp³-hybridized carbons (Fsp3) is 0.119. The van der Waals surface area contributed by atoms with Gasteiger partial charge in [-0.05, 0) is 64.2 Å². The molecule has 6 aromatic rings. The van der Waals surface area contributed by atoms with Gasteiger partial charge < -0.3 is 4.74 Å². The van der Waals surface area contributed by atoms with Gasteiger partial charge in [-0.1, -0.05) is 104 Å². The van der Waals surface area contributed by atoms with Crippen molar-refractivity contribution in [2.75, 3.05) is 0 Å². The number of aromatic nitrogens is 3. The molecule has 0 saturated heterocycles. The van der Waals surface area contributed by atoms with Gasteiger partial charge in [0.1, 0.15) is 0 Å². The number of nitrogens with zero attached hydrogens (tertiary/aromatic N) is 3. The van der Waals surface area contributed by atoms with E-state index in [1.54, 1.807) is 0 Å². The van der Waals surface area contributed by atoms with Gasteiger partial charge in [-0.3, -0.25) is 15.0 Å². The molecule has 3 atom stereocenters. The number of ether oxygens (including phenoxy) is 1. The molecule has 0 saturated carbocycles. The van der Waals surface area contributed by atoms with E-state index < -0.39 is 5.41 Å². The average molecular weight is 594 g/mol. The molecular weight excluding hydrogens is 562 g/mol. The largest absolute Gasteiger partial charge is 0.453 e. The summed E-state index contributed by atoms with van der Waals surface area (Å²) in [5.41, 5.74) is 9.32. The molecule has 4 nitrogen and oxygen atoms in total. The molecule has 0 bridgehead atoms. The van der Waals surface area contributed by atoms with Gasteiger partial charge in [0.25, 0.3) is 0 Å². The second-order valence-electron chi connectivity index (χ2n) is 12.7. The Morgan fingerprint density at radius 3 is 2.24 bits per heavy atom. The summed E-state index contributed by atoms with van der Waals surface area (Å²) < 4.78 is 6.71. The highest BCUT2D eigenvalue weighted by Gasteiger charge is 2.60. The maximum Gasteiger partial charge on any atom is 0.153 e. The molecular formula is C42H31N3O. The first-order valence-corrected chi connectivity index (χ1v) is 15.8. The lowest BCUT2D eigenvalue weighted by atomic mass is 9.58. The minimum Gasteiger partial charge on any atom is -0.453 e. The maximum absolute atomic E-state index is 6.71. The number of pyridine rings is 3. The molecule has 9 rings (SSSR count). The standard InChI is InChI=1S/C42H31N3O/c1-41-21-10-8-16-34(41)39-33-24-35(31-19-18-28(27-12-4-3-5-13-27)29-14-6-7-15-30(29)31)45-26-37(33)46-36-25-43-23-20-32(36)40(39)42(41,2)38-17-9-11-22-44-38/h3-26,34H,1-2H3. The molecule has 4 heteroatoms. The first kappa shape index (κ1) is 26.8. The molecule has 46 heavy (non-hydrogen) atoms. The van der Waals surface area contributed by atoms with Crippen LogP contribution in [-0.2, 0) is 5.41 Å². The second kappa shape index (κ2) is 9.95. The predicted molar refractivity (Wildman–Crippen MR) is 185 cm³/mol. The van der Waals surface area contributed by atoms with Gasteiger partial charge in [0.05, 0.1) is 23.8 Å². The Morgan fingerprint density at radius 2 is 1.41 bits per heavy atom. The first-order valence-electron chi connectivity index (χ1n) is 15.8. The zero-order valence-corrected chi connectivity index (χ0v) is 25.7. The van der Waals surface area contributed by atoms with Crippen molar-refractivity contribution < 1.29 is 4.74 Å². The van der Waals surface area contributed by atoms with Crippen LogP contribution in [0.5, 0.6) is 11.5 Å². The van der Waals surface area contributed by atoms with Crippen molar-refractivity contribution in [1.82, 2.24) is 15.0 Å². The monoisotopic (exact) mass is 593 g/mol. The highest BCUT2D eigenvalue weighted by Crippen LogP contribution is 2.69. The third-order valence-electron chi connectivity index (χ3n) is 10.6. The zero-order chi connectivity index (χ0) is 30.9. The van der Waals surface area contributed by atoms with E-state index in [2.05, 4.69) is 134 Å². The fourth-order valence-electron chi connectivity index (χ4n) is 8.14. The van der Waals surface area contributed by atoms with Crippen LogP contribution in [-0.4, -0.2) is 15.0 Å². The van der Waals surface area contributed by atoms with Crippen LogP contribution in [0.3, 0.4) is 0 Å². The summed E-state index contributed by atoms with van der Waals surface area (Å²) in [5, 5.41) is 2.37. The molecule has 0 amide bonds. The third-order valence-corrected chi connectivity index (χ3v) is 10.6. The van der Waals surface area contributed by atoms with Crippen LogP contribution in [0.25, 0.3) is 44.3 Å². The minimum atomic E-state index is -0.454. The number of rotatable bonds is 3. The van der Waals surface area contributed by atoms with Gasteiger partial charge in [-0.15, -0.1) is 0 Å². The van der Waals surface area contributed by atoms with Gasteiger partial charge in [-0.25, -0.2) is 0 Å². The molecule has 0 fully saturated rings. The van der Waals surface area contributed by atoms with E-state index in [0.29, 0.717) is 0 Å². The van der Waals surface area contributed by atoms with Gasteiger partial charge in [0, 0.05) is 45.8 Å². The molecule has 0 spiro atoms. The number of hydrogen-bond acceptors (Lipinski definition) is 4. The van der Waals surface area contributed by atoms with E-state index in [1.807, 2.05) is 30.9 Å². The van der Waals surface area contributed by atoms with E-state index in [0.717, 1.165) is 39.6 Å². The van der Waals surface area contributed by atoms with Crippen LogP contribution in [0.2, 0.25) is 0 Å². The van der Waals surface area contributed by atoms with E-state index >= 15 is 0 Å². The van der Waals surface area contributed by atoms with Gasteiger partial charge >= 0.3 is 0 Å². The lowest BCUT2D eigenvalue weighted by Gasteiger charge is -2.45. The Hall–Kier alpha value is -5.61. The van der Waals surface area contributed by atoms with Crippen LogP contribution < -0.4 is 4.74 Å².